The number of benzene rings is 4. The molecule has 0 fully saturated rings. The van der Waals surface area contributed by atoms with Crippen LogP contribution in [0.5, 0.6) is 11.5 Å². The number of carbonyl (C=O) groups is 2. The maximum Gasteiger partial charge on any atom is 1.00 e. The molecule has 12 heteroatoms. The zero-order valence-corrected chi connectivity index (χ0v) is 26.9. The normalized spacial score (nSPS) is 12.6. The molecule has 10 nitrogen and oxygen atoms in total. The molecule has 0 spiro atoms. The molecule has 0 bridgehead atoms. The topological polar surface area (TPSA) is 140 Å². The number of hydrogen-bond donors (Lipinski definition) is 1. The van der Waals surface area contributed by atoms with Gasteiger partial charge < -0.3 is 28.3 Å². The summed E-state index contributed by atoms with van der Waals surface area (Å²) in [5.41, 5.74) is 5.53. The average Bonchev–Trinajstić information content (AvgIpc) is 3.32. The monoisotopic (exact) mass is 625 g/mol. The van der Waals surface area contributed by atoms with Crippen molar-refractivity contribution < 1.29 is 70.5 Å². The van der Waals surface area contributed by atoms with Crippen LogP contribution < -0.4 is 43.8 Å². The number of alkyl carbamates (subject to hydrolysis) is 1. The number of hydrogen-bond acceptors (Lipinski definition) is 9. The molecule has 1 aliphatic rings. The van der Waals surface area contributed by atoms with Gasteiger partial charge in [0.15, 0.2) is 0 Å². The average molecular weight is 626 g/mol. The van der Waals surface area contributed by atoms with E-state index in [4.69, 9.17) is 14.2 Å². The van der Waals surface area contributed by atoms with Gasteiger partial charge in [-0.1, -0.05) is 72.8 Å². The van der Waals surface area contributed by atoms with Crippen LogP contribution in [-0.2, 0) is 37.7 Å². The molecule has 1 N–H and O–H groups in total. The maximum absolute atomic E-state index is 13.2. The second-order valence-corrected chi connectivity index (χ2v) is 10.8. The Balaban J connectivity index is 0.00000442. The molecular formula is C32H28NNaO9S. The van der Waals surface area contributed by atoms with Gasteiger partial charge in [0.05, 0.1) is 7.11 Å². The van der Waals surface area contributed by atoms with E-state index in [-0.39, 0.29) is 60.9 Å². The zero-order chi connectivity index (χ0) is 30.4. The molecule has 0 aromatic heterocycles. The molecule has 0 aliphatic heterocycles. The maximum atomic E-state index is 13.2. The van der Waals surface area contributed by atoms with E-state index in [1.54, 1.807) is 31.4 Å². The smallest absolute Gasteiger partial charge is 0.716 e. The molecular weight excluding hydrogens is 597 g/mol. The number of methoxy groups -OCH3 is 1. The fraction of sp³-hybridized carbons (Fsp3) is 0.188. The van der Waals surface area contributed by atoms with E-state index >= 15 is 0 Å². The van der Waals surface area contributed by atoms with Crippen molar-refractivity contribution in [1.29, 1.82) is 0 Å². The summed E-state index contributed by atoms with van der Waals surface area (Å²) >= 11 is 0. The Morgan fingerprint density at radius 3 is 1.91 bits per heavy atom. The summed E-state index contributed by atoms with van der Waals surface area (Å²) in [6.45, 7) is 0.0169. The van der Waals surface area contributed by atoms with E-state index in [0.29, 0.717) is 11.3 Å². The molecule has 1 unspecified atom stereocenters. The molecule has 1 atom stereocenters. The molecule has 5 rings (SSSR count). The summed E-state index contributed by atoms with van der Waals surface area (Å²) in [5.74, 6) is -0.390. The number of amides is 1. The minimum Gasteiger partial charge on any atom is -0.716 e. The fourth-order valence-corrected chi connectivity index (χ4v) is 5.33. The number of rotatable bonds is 11. The quantitative estimate of drug-likeness (QED) is 0.114. The predicted molar refractivity (Wildman–Crippen MR) is 155 cm³/mol. The van der Waals surface area contributed by atoms with E-state index in [9.17, 15) is 22.6 Å². The van der Waals surface area contributed by atoms with Gasteiger partial charge in [0.2, 0.25) is 0 Å². The third-order valence-corrected chi connectivity index (χ3v) is 7.42. The van der Waals surface area contributed by atoms with Crippen molar-refractivity contribution in [2.45, 2.75) is 25.0 Å². The molecule has 44 heavy (non-hydrogen) atoms. The molecule has 4 aromatic rings. The van der Waals surface area contributed by atoms with Crippen LogP contribution in [0.2, 0.25) is 0 Å². The van der Waals surface area contributed by atoms with Crippen molar-refractivity contribution >= 4 is 22.5 Å². The fourth-order valence-electron chi connectivity index (χ4n) is 4.99. The largest absolute Gasteiger partial charge is 1.00 e. The van der Waals surface area contributed by atoms with Gasteiger partial charge in [-0.25, -0.2) is 18.0 Å². The minimum absolute atomic E-state index is 0. The van der Waals surface area contributed by atoms with E-state index in [1.165, 1.54) is 24.3 Å². The molecule has 1 aliphatic carbocycles. The Hall–Kier alpha value is -3.87. The van der Waals surface area contributed by atoms with Crippen LogP contribution in [0.4, 0.5) is 4.79 Å². The van der Waals surface area contributed by atoms with Crippen molar-refractivity contribution in [1.82, 2.24) is 5.32 Å². The van der Waals surface area contributed by atoms with E-state index in [1.807, 2.05) is 48.5 Å². The summed E-state index contributed by atoms with van der Waals surface area (Å²) in [5, 5.41) is 2.61. The van der Waals surface area contributed by atoms with Crippen molar-refractivity contribution in [3.63, 3.8) is 0 Å². The van der Waals surface area contributed by atoms with Crippen LogP contribution >= 0.6 is 0 Å². The summed E-state index contributed by atoms with van der Waals surface area (Å²) < 4.78 is 53.3. The first-order chi connectivity index (χ1) is 20.7. The molecule has 0 radical (unpaired) electrons. The minimum atomic E-state index is -4.94. The Kier molecular flexibility index (Phi) is 11.1. The molecule has 4 aromatic carbocycles. The standard InChI is InChI=1S/C32H29NO9S.Na/c1-39-23-14-12-22(13-15-23)19-40-31(34)30(18-21-10-16-24(17-11-21)42-43(36,37)38)33-32(35)41-20-29-27-8-4-2-6-25(27)26-7-3-5-9-28(26)29;/h2-17,29-30H,18-20H2,1H3,(H,33,35)(H,36,37,38);/q;+1/p-1. The Bertz CT molecular complexity index is 1670. The van der Waals surface area contributed by atoms with Crippen LogP contribution in [0.15, 0.2) is 97.1 Å². The number of nitrogens with one attached hydrogen (secondary N) is 1. The van der Waals surface area contributed by atoms with Crippen LogP contribution in [-0.4, -0.2) is 44.8 Å². The second-order valence-electron chi connectivity index (χ2n) is 9.82. The second kappa shape index (κ2) is 14.7. The molecule has 0 saturated heterocycles. The summed E-state index contributed by atoms with van der Waals surface area (Å²) in [6, 6.07) is 27.2. The first-order valence-electron chi connectivity index (χ1n) is 13.4. The van der Waals surface area contributed by atoms with E-state index < -0.39 is 28.5 Å². The number of ether oxygens (including phenoxy) is 3. The van der Waals surface area contributed by atoms with Gasteiger partial charge in [0, 0.05) is 12.3 Å². The zero-order valence-electron chi connectivity index (χ0n) is 24.1. The van der Waals surface area contributed by atoms with Crippen LogP contribution in [0, 0.1) is 0 Å². The van der Waals surface area contributed by atoms with Crippen molar-refractivity contribution in [2.75, 3.05) is 13.7 Å². The van der Waals surface area contributed by atoms with E-state index in [2.05, 4.69) is 9.50 Å². The first-order valence-corrected chi connectivity index (χ1v) is 14.7. The Morgan fingerprint density at radius 1 is 0.795 bits per heavy atom. The Morgan fingerprint density at radius 2 is 1.34 bits per heavy atom. The van der Waals surface area contributed by atoms with Crippen molar-refractivity contribution in [2.24, 2.45) is 0 Å². The molecule has 1 amide bonds. The number of carbonyl (C=O) groups excluding carboxylic acids is 2. The SMILES string of the molecule is COc1ccc(COC(=O)C(Cc2ccc(OS(=O)(=O)[O-])cc2)NC(=O)OCC2c3ccccc3-c3ccccc32)cc1.[Na+]. The predicted octanol–water partition coefficient (Wildman–Crippen LogP) is 1.73. The van der Waals surface area contributed by atoms with Crippen LogP contribution in [0.25, 0.3) is 11.1 Å². The first kappa shape index (κ1) is 33.0. The van der Waals surface area contributed by atoms with Crippen LogP contribution in [0.3, 0.4) is 0 Å². The van der Waals surface area contributed by atoms with Crippen molar-refractivity contribution in [3.8, 4) is 22.6 Å². The number of fused-ring (bicyclic) bond motifs is 3. The van der Waals surface area contributed by atoms with Crippen molar-refractivity contribution in [3.05, 3.63) is 119 Å². The van der Waals surface area contributed by atoms with Gasteiger partial charge in [-0.3, -0.25) is 0 Å². The summed E-state index contributed by atoms with van der Waals surface area (Å²) in [6.07, 6.45) is -0.804. The van der Waals surface area contributed by atoms with Gasteiger partial charge >= 0.3 is 41.6 Å². The van der Waals surface area contributed by atoms with Gasteiger partial charge in [0.1, 0.15) is 30.8 Å². The third kappa shape index (κ3) is 8.40. The van der Waals surface area contributed by atoms with Gasteiger partial charge in [0.25, 0.3) is 10.4 Å². The Labute approximate surface area is 277 Å². The van der Waals surface area contributed by atoms with Gasteiger partial charge in [-0.05, 0) is 57.6 Å². The molecule has 0 saturated carbocycles. The van der Waals surface area contributed by atoms with Gasteiger partial charge in [-0.15, -0.1) is 0 Å². The molecule has 222 valence electrons. The van der Waals surface area contributed by atoms with Crippen LogP contribution in [0.1, 0.15) is 28.2 Å². The van der Waals surface area contributed by atoms with Gasteiger partial charge in [-0.2, -0.15) is 0 Å². The molecule has 0 heterocycles. The number of esters is 1. The summed E-state index contributed by atoms with van der Waals surface area (Å²) in [4.78, 5) is 26.2. The third-order valence-electron chi connectivity index (χ3n) is 7.02. The van der Waals surface area contributed by atoms with E-state index in [0.717, 1.165) is 27.8 Å². The summed E-state index contributed by atoms with van der Waals surface area (Å²) in [7, 11) is -3.39.